The van der Waals surface area contributed by atoms with E-state index >= 15 is 0 Å². The zero-order valence-corrected chi connectivity index (χ0v) is 10.9. The molecule has 2 aromatic carbocycles. The molecule has 1 aromatic heterocycles. The van der Waals surface area contributed by atoms with Crippen LogP contribution in [-0.2, 0) is 0 Å². The van der Waals surface area contributed by atoms with Gasteiger partial charge in [-0.2, -0.15) is 5.10 Å². The second-order valence-corrected chi connectivity index (χ2v) is 4.54. The summed E-state index contributed by atoms with van der Waals surface area (Å²) in [4.78, 5) is 0. The van der Waals surface area contributed by atoms with Crippen molar-refractivity contribution in [3.63, 3.8) is 0 Å². The lowest BCUT2D eigenvalue weighted by Crippen LogP contribution is -1.95. The van der Waals surface area contributed by atoms with Gasteiger partial charge in [0.2, 0.25) is 0 Å². The summed E-state index contributed by atoms with van der Waals surface area (Å²) in [6, 6.07) is 10.4. The van der Waals surface area contributed by atoms with Crippen molar-refractivity contribution in [2.45, 2.75) is 0 Å². The van der Waals surface area contributed by atoms with Gasteiger partial charge >= 0.3 is 0 Å². The van der Waals surface area contributed by atoms with Crippen molar-refractivity contribution in [2.24, 2.45) is 0 Å². The molecule has 0 unspecified atom stereocenters. The van der Waals surface area contributed by atoms with E-state index in [-0.39, 0.29) is 5.75 Å². The Balaban J connectivity index is 2.13. The van der Waals surface area contributed by atoms with Crippen LogP contribution in [0.15, 0.2) is 42.6 Å². The van der Waals surface area contributed by atoms with Gasteiger partial charge in [-0.05, 0) is 30.3 Å². The maximum absolute atomic E-state index is 9.45. The van der Waals surface area contributed by atoms with E-state index in [2.05, 4.69) is 5.10 Å². The lowest BCUT2D eigenvalue weighted by Gasteiger charge is -2.06. The molecule has 4 nitrogen and oxygen atoms in total. The average Bonchev–Trinajstić information content (AvgIpc) is 2.81. The van der Waals surface area contributed by atoms with E-state index in [0.717, 1.165) is 16.6 Å². The van der Waals surface area contributed by atoms with E-state index in [1.165, 1.54) is 0 Å². The monoisotopic (exact) mass is 274 g/mol. The van der Waals surface area contributed by atoms with Gasteiger partial charge in [-0.15, -0.1) is 0 Å². The summed E-state index contributed by atoms with van der Waals surface area (Å²) in [5.41, 5.74) is 1.56. The van der Waals surface area contributed by atoms with Crippen LogP contribution >= 0.6 is 11.6 Å². The fourth-order valence-corrected chi connectivity index (χ4v) is 2.19. The van der Waals surface area contributed by atoms with E-state index in [1.54, 1.807) is 36.1 Å². The molecule has 3 rings (SSSR count). The van der Waals surface area contributed by atoms with Crippen LogP contribution in [-0.4, -0.2) is 22.0 Å². The maximum Gasteiger partial charge on any atom is 0.120 e. The molecule has 0 amide bonds. The van der Waals surface area contributed by atoms with Gasteiger partial charge in [0, 0.05) is 17.6 Å². The van der Waals surface area contributed by atoms with Gasteiger partial charge in [0.25, 0.3) is 0 Å². The third-order valence-electron chi connectivity index (χ3n) is 2.89. The van der Waals surface area contributed by atoms with Crippen molar-refractivity contribution < 1.29 is 9.84 Å². The van der Waals surface area contributed by atoms with E-state index in [1.807, 2.05) is 18.3 Å². The summed E-state index contributed by atoms with van der Waals surface area (Å²) >= 11 is 6.21. The lowest BCUT2D eigenvalue weighted by molar-refractivity contribution is 0.414. The van der Waals surface area contributed by atoms with Crippen molar-refractivity contribution in [2.75, 3.05) is 7.11 Å². The summed E-state index contributed by atoms with van der Waals surface area (Å²) in [5.74, 6) is 0.913. The first-order valence-corrected chi connectivity index (χ1v) is 6.07. The molecule has 3 aromatic rings. The van der Waals surface area contributed by atoms with Crippen LogP contribution in [0.25, 0.3) is 16.6 Å². The highest BCUT2D eigenvalue weighted by atomic mass is 35.5. The van der Waals surface area contributed by atoms with Crippen LogP contribution < -0.4 is 4.74 Å². The van der Waals surface area contributed by atoms with Crippen molar-refractivity contribution in [1.29, 1.82) is 0 Å². The van der Waals surface area contributed by atoms with Crippen LogP contribution in [0.2, 0.25) is 5.02 Å². The smallest absolute Gasteiger partial charge is 0.120 e. The molecule has 0 aliphatic heterocycles. The molecule has 1 heterocycles. The quantitative estimate of drug-likeness (QED) is 0.779. The van der Waals surface area contributed by atoms with Crippen LogP contribution in [0.3, 0.4) is 0 Å². The first kappa shape index (κ1) is 11.9. The fourth-order valence-electron chi connectivity index (χ4n) is 1.94. The number of fused-ring (bicyclic) bond motifs is 1. The molecule has 0 atom stereocenters. The number of ether oxygens (including phenoxy) is 1. The molecule has 0 saturated heterocycles. The van der Waals surface area contributed by atoms with E-state index in [9.17, 15) is 5.11 Å². The minimum Gasteiger partial charge on any atom is -0.508 e. The minimum absolute atomic E-state index is 0.216. The summed E-state index contributed by atoms with van der Waals surface area (Å²) in [5, 5.41) is 15.3. The number of halogens is 1. The van der Waals surface area contributed by atoms with E-state index in [0.29, 0.717) is 10.8 Å². The predicted molar refractivity (Wildman–Crippen MR) is 74.3 cm³/mol. The highest BCUT2D eigenvalue weighted by Crippen LogP contribution is 2.27. The molecule has 5 heteroatoms. The third kappa shape index (κ3) is 2.11. The molecule has 96 valence electrons. The molecular formula is C14H11ClN2O2. The summed E-state index contributed by atoms with van der Waals surface area (Å²) in [6.07, 6.45) is 1.82. The lowest BCUT2D eigenvalue weighted by atomic mass is 10.2. The zero-order valence-electron chi connectivity index (χ0n) is 10.2. The third-order valence-corrected chi connectivity index (χ3v) is 3.19. The van der Waals surface area contributed by atoms with Crippen molar-refractivity contribution in [3.05, 3.63) is 47.6 Å². The molecule has 0 bridgehead atoms. The van der Waals surface area contributed by atoms with Gasteiger partial charge in [-0.25, -0.2) is 4.68 Å². The summed E-state index contributed by atoms with van der Waals surface area (Å²) < 4.78 is 6.80. The van der Waals surface area contributed by atoms with Crippen molar-refractivity contribution in [3.8, 4) is 17.2 Å². The Morgan fingerprint density at radius 1 is 1.21 bits per heavy atom. The van der Waals surface area contributed by atoms with Gasteiger partial charge < -0.3 is 9.84 Å². The highest BCUT2D eigenvalue weighted by Gasteiger charge is 2.08. The number of phenols is 1. The van der Waals surface area contributed by atoms with Gasteiger partial charge in [0.1, 0.15) is 11.5 Å². The van der Waals surface area contributed by atoms with Crippen LogP contribution in [0.1, 0.15) is 0 Å². The topological polar surface area (TPSA) is 47.3 Å². The van der Waals surface area contributed by atoms with Crippen LogP contribution in [0.4, 0.5) is 0 Å². The van der Waals surface area contributed by atoms with Crippen molar-refractivity contribution >= 4 is 22.5 Å². The minimum atomic E-state index is 0.216. The second kappa shape index (κ2) is 4.48. The van der Waals surface area contributed by atoms with Gasteiger partial charge in [0.15, 0.2) is 0 Å². The van der Waals surface area contributed by atoms with Gasteiger partial charge in [0.05, 0.1) is 23.3 Å². The molecule has 19 heavy (non-hydrogen) atoms. The van der Waals surface area contributed by atoms with E-state index < -0.39 is 0 Å². The van der Waals surface area contributed by atoms with Crippen LogP contribution in [0.5, 0.6) is 11.5 Å². The van der Waals surface area contributed by atoms with Crippen molar-refractivity contribution in [1.82, 2.24) is 9.78 Å². The second-order valence-electron chi connectivity index (χ2n) is 4.13. The number of methoxy groups -OCH3 is 1. The first-order chi connectivity index (χ1) is 9.17. The number of hydrogen-bond donors (Lipinski definition) is 1. The Bertz CT molecular complexity index is 752. The number of aromatic hydroxyl groups is 1. The summed E-state index contributed by atoms with van der Waals surface area (Å²) in [6.45, 7) is 0. The molecular weight excluding hydrogens is 264 g/mol. The number of phenolic OH excluding ortho intramolecular Hbond substituents is 1. The van der Waals surface area contributed by atoms with Crippen LogP contribution in [0, 0.1) is 0 Å². The highest BCUT2D eigenvalue weighted by molar-refractivity contribution is 6.32. The fraction of sp³-hybridized carbons (Fsp3) is 0.0714. The summed E-state index contributed by atoms with van der Waals surface area (Å²) in [7, 11) is 1.59. The largest absolute Gasteiger partial charge is 0.508 e. The average molecular weight is 275 g/mol. The number of nitrogens with zero attached hydrogens (tertiary/aromatic N) is 2. The zero-order chi connectivity index (χ0) is 13.4. The normalized spacial score (nSPS) is 10.8. The Labute approximate surface area is 114 Å². The SMILES string of the molecule is COc1ccc(-n2cc3cc(O)ccc3n2)c(Cl)c1. The molecule has 0 radical (unpaired) electrons. The first-order valence-electron chi connectivity index (χ1n) is 5.70. The Morgan fingerprint density at radius 2 is 2.05 bits per heavy atom. The number of aromatic nitrogens is 2. The number of hydrogen-bond acceptors (Lipinski definition) is 3. The molecule has 0 aliphatic rings. The Morgan fingerprint density at radius 3 is 2.79 bits per heavy atom. The number of benzene rings is 2. The standard InChI is InChI=1S/C14H11ClN2O2/c1-19-11-3-5-14(12(15)7-11)17-8-9-6-10(18)2-4-13(9)16-17/h2-8,18H,1H3. The number of rotatable bonds is 2. The Hall–Kier alpha value is -2.20. The molecule has 0 fully saturated rings. The molecule has 0 spiro atoms. The van der Waals surface area contributed by atoms with Gasteiger partial charge in [-0.1, -0.05) is 11.6 Å². The Kier molecular flexibility index (Phi) is 2.80. The molecule has 1 N–H and O–H groups in total. The molecule has 0 saturated carbocycles. The predicted octanol–water partition coefficient (Wildman–Crippen LogP) is 3.39. The maximum atomic E-state index is 9.45. The van der Waals surface area contributed by atoms with E-state index in [4.69, 9.17) is 16.3 Å². The van der Waals surface area contributed by atoms with Gasteiger partial charge in [-0.3, -0.25) is 0 Å². The molecule has 0 aliphatic carbocycles.